The van der Waals surface area contributed by atoms with E-state index in [1.54, 1.807) is 0 Å². The van der Waals surface area contributed by atoms with Gasteiger partial charge in [-0.05, 0) is 44.5 Å². The van der Waals surface area contributed by atoms with Crippen LogP contribution in [0.5, 0.6) is 5.75 Å². The normalized spacial score (nSPS) is 11.5. The topological polar surface area (TPSA) is 103 Å². The molecule has 0 bridgehead atoms. The lowest BCUT2D eigenvalue weighted by molar-refractivity contribution is -0.121. The van der Waals surface area contributed by atoms with Crippen LogP contribution in [0, 0.1) is 0 Å². The van der Waals surface area contributed by atoms with E-state index in [4.69, 9.17) is 15.0 Å². The third kappa shape index (κ3) is 7.11. The first-order valence-electron chi connectivity index (χ1n) is 8.16. The Hall–Kier alpha value is -2.12. The summed E-state index contributed by atoms with van der Waals surface area (Å²) in [5.74, 6) is 1.71. The number of ether oxygens (including phenoxy) is 1. The summed E-state index contributed by atoms with van der Waals surface area (Å²) in [6, 6.07) is 7.56. The van der Waals surface area contributed by atoms with Gasteiger partial charge < -0.3 is 20.3 Å². The van der Waals surface area contributed by atoms with Crippen molar-refractivity contribution in [2.24, 2.45) is 5.73 Å². The van der Waals surface area contributed by atoms with Crippen molar-refractivity contribution in [2.75, 3.05) is 13.2 Å². The van der Waals surface area contributed by atoms with E-state index >= 15 is 0 Å². The highest BCUT2D eigenvalue weighted by molar-refractivity contribution is 5.85. The Morgan fingerprint density at radius 3 is 2.72 bits per heavy atom. The van der Waals surface area contributed by atoms with E-state index in [-0.39, 0.29) is 24.4 Å². The number of halogens is 1. The molecule has 0 aliphatic rings. The molecular formula is C17H25ClN4O3. The Labute approximate surface area is 153 Å². The molecule has 1 heterocycles. The number of amides is 1. The number of hydrogen-bond acceptors (Lipinski definition) is 6. The highest BCUT2D eigenvalue weighted by Crippen LogP contribution is 2.20. The molecule has 1 atom stereocenters. The quantitative estimate of drug-likeness (QED) is 0.704. The Balaban J connectivity index is 0.00000312. The van der Waals surface area contributed by atoms with Crippen LogP contribution >= 0.6 is 12.4 Å². The summed E-state index contributed by atoms with van der Waals surface area (Å²) in [6.07, 6.45) is 1.48. The highest BCUT2D eigenvalue weighted by atomic mass is 35.5. The van der Waals surface area contributed by atoms with Crippen LogP contribution in [0.2, 0.25) is 0 Å². The number of nitrogens with two attached hydrogens (primary N) is 1. The van der Waals surface area contributed by atoms with Gasteiger partial charge in [-0.2, -0.15) is 4.98 Å². The van der Waals surface area contributed by atoms with Crippen molar-refractivity contribution in [1.82, 2.24) is 15.5 Å². The van der Waals surface area contributed by atoms with Crippen molar-refractivity contribution in [3.63, 3.8) is 0 Å². The Kier molecular flexibility index (Phi) is 8.94. The second kappa shape index (κ2) is 10.7. The van der Waals surface area contributed by atoms with Gasteiger partial charge in [0.15, 0.2) is 0 Å². The molecule has 1 amide bonds. The third-order valence-corrected chi connectivity index (χ3v) is 3.38. The van der Waals surface area contributed by atoms with Gasteiger partial charge >= 0.3 is 0 Å². The molecule has 3 N–H and O–H groups in total. The average molecular weight is 369 g/mol. The van der Waals surface area contributed by atoms with E-state index < -0.39 is 0 Å². The van der Waals surface area contributed by atoms with Gasteiger partial charge in [0.25, 0.3) is 0 Å². The van der Waals surface area contributed by atoms with Gasteiger partial charge in [0.1, 0.15) is 5.75 Å². The van der Waals surface area contributed by atoms with E-state index in [0.29, 0.717) is 37.7 Å². The lowest BCUT2D eigenvalue weighted by Crippen LogP contribution is -2.29. The Morgan fingerprint density at radius 2 is 2.08 bits per heavy atom. The molecule has 1 aromatic carbocycles. The molecule has 0 saturated heterocycles. The van der Waals surface area contributed by atoms with Gasteiger partial charge in [-0.3, -0.25) is 4.79 Å². The minimum absolute atomic E-state index is 0. The molecule has 1 unspecified atom stereocenters. The second-order valence-electron chi connectivity index (χ2n) is 5.59. The number of rotatable bonds is 9. The maximum absolute atomic E-state index is 11.7. The lowest BCUT2D eigenvalue weighted by Gasteiger charge is -2.06. The molecule has 0 saturated carbocycles. The van der Waals surface area contributed by atoms with Crippen LogP contribution in [0.1, 0.15) is 32.6 Å². The highest BCUT2D eigenvalue weighted by Gasteiger charge is 2.11. The number of nitrogens with one attached hydrogen (secondary N) is 1. The summed E-state index contributed by atoms with van der Waals surface area (Å²) in [5.41, 5.74) is 6.48. The Morgan fingerprint density at radius 1 is 1.36 bits per heavy atom. The van der Waals surface area contributed by atoms with Crippen molar-refractivity contribution >= 4 is 18.3 Å². The molecule has 25 heavy (non-hydrogen) atoms. The average Bonchev–Trinajstić information content (AvgIpc) is 3.02. The number of benzene rings is 1. The van der Waals surface area contributed by atoms with Crippen LogP contribution in [0.25, 0.3) is 11.4 Å². The summed E-state index contributed by atoms with van der Waals surface area (Å²) in [5, 5.41) is 6.77. The molecule has 0 aliphatic heterocycles. The summed E-state index contributed by atoms with van der Waals surface area (Å²) in [7, 11) is 0. The van der Waals surface area contributed by atoms with Crippen LogP contribution in [0.4, 0.5) is 0 Å². The zero-order chi connectivity index (χ0) is 17.4. The summed E-state index contributed by atoms with van der Waals surface area (Å²) >= 11 is 0. The van der Waals surface area contributed by atoms with Crippen LogP contribution < -0.4 is 15.8 Å². The molecular weight excluding hydrogens is 344 g/mol. The minimum Gasteiger partial charge on any atom is -0.494 e. The number of carbonyl (C=O) groups excluding carboxylic acids is 1. The van der Waals surface area contributed by atoms with Gasteiger partial charge in [-0.1, -0.05) is 5.16 Å². The van der Waals surface area contributed by atoms with Crippen LogP contribution in [0.15, 0.2) is 28.8 Å². The first-order chi connectivity index (χ1) is 11.6. The van der Waals surface area contributed by atoms with E-state index in [0.717, 1.165) is 17.7 Å². The molecule has 0 fully saturated rings. The van der Waals surface area contributed by atoms with Gasteiger partial charge in [-0.15, -0.1) is 12.4 Å². The molecule has 8 heteroatoms. The van der Waals surface area contributed by atoms with Gasteiger partial charge in [0.2, 0.25) is 17.6 Å². The zero-order valence-electron chi connectivity index (χ0n) is 14.5. The van der Waals surface area contributed by atoms with Gasteiger partial charge in [0, 0.05) is 31.0 Å². The SMILES string of the molecule is CCOc1ccc(-c2noc(CCC(=O)NCCC(C)N)n2)cc1.Cl. The van der Waals surface area contributed by atoms with Crippen LogP contribution in [0.3, 0.4) is 0 Å². The number of hydrogen-bond donors (Lipinski definition) is 2. The van der Waals surface area contributed by atoms with Gasteiger partial charge in [0.05, 0.1) is 6.61 Å². The first kappa shape index (κ1) is 20.9. The fourth-order valence-electron chi connectivity index (χ4n) is 2.09. The monoisotopic (exact) mass is 368 g/mol. The van der Waals surface area contributed by atoms with E-state index in [1.807, 2.05) is 38.1 Å². The van der Waals surface area contributed by atoms with Crippen molar-refractivity contribution in [1.29, 1.82) is 0 Å². The smallest absolute Gasteiger partial charge is 0.227 e. The van der Waals surface area contributed by atoms with Crippen LogP contribution in [-0.4, -0.2) is 35.2 Å². The molecule has 7 nitrogen and oxygen atoms in total. The second-order valence-corrected chi connectivity index (χ2v) is 5.59. The predicted octanol–water partition coefficient (Wildman–Crippen LogP) is 2.34. The predicted molar refractivity (Wildman–Crippen MR) is 97.7 cm³/mol. The van der Waals surface area contributed by atoms with E-state index in [2.05, 4.69) is 15.5 Å². The molecule has 2 rings (SSSR count). The third-order valence-electron chi connectivity index (χ3n) is 3.38. The molecule has 0 spiro atoms. The molecule has 0 radical (unpaired) electrons. The number of aryl methyl sites for hydroxylation is 1. The molecule has 138 valence electrons. The van der Waals surface area contributed by atoms with Crippen molar-refractivity contribution in [3.8, 4) is 17.1 Å². The van der Waals surface area contributed by atoms with Crippen molar-refractivity contribution in [2.45, 2.75) is 39.2 Å². The molecule has 2 aromatic rings. The van der Waals surface area contributed by atoms with E-state index in [9.17, 15) is 4.79 Å². The summed E-state index contributed by atoms with van der Waals surface area (Å²) < 4.78 is 10.6. The standard InChI is InChI=1S/C17H24N4O3.ClH/c1-3-23-14-6-4-13(5-7-14)17-20-16(24-21-17)9-8-15(22)19-11-10-12(2)18;/h4-7,12H,3,8-11,18H2,1-2H3,(H,19,22);1H. The van der Waals surface area contributed by atoms with Gasteiger partial charge in [-0.25, -0.2) is 0 Å². The maximum Gasteiger partial charge on any atom is 0.227 e. The minimum atomic E-state index is -0.0449. The first-order valence-corrected chi connectivity index (χ1v) is 8.16. The maximum atomic E-state index is 11.7. The fourth-order valence-corrected chi connectivity index (χ4v) is 2.09. The van der Waals surface area contributed by atoms with Crippen LogP contribution in [-0.2, 0) is 11.2 Å². The number of nitrogens with zero attached hydrogens (tertiary/aromatic N) is 2. The Bertz CT molecular complexity index is 644. The van der Waals surface area contributed by atoms with Crippen molar-refractivity contribution in [3.05, 3.63) is 30.2 Å². The largest absolute Gasteiger partial charge is 0.494 e. The zero-order valence-corrected chi connectivity index (χ0v) is 15.3. The fraction of sp³-hybridized carbons (Fsp3) is 0.471. The summed E-state index contributed by atoms with van der Waals surface area (Å²) in [4.78, 5) is 16.0. The number of carbonyl (C=O) groups is 1. The van der Waals surface area contributed by atoms with Crippen molar-refractivity contribution < 1.29 is 14.1 Å². The summed E-state index contributed by atoms with van der Waals surface area (Å²) in [6.45, 7) is 5.05. The molecule has 0 aliphatic carbocycles. The number of aromatic nitrogens is 2. The van der Waals surface area contributed by atoms with E-state index in [1.165, 1.54) is 0 Å². The molecule has 1 aromatic heterocycles. The lowest BCUT2D eigenvalue weighted by atomic mass is 10.2.